The number of fused-ring (bicyclic) bond motifs is 1. The molecular formula is C17H23N7O. The fraction of sp³-hybridized carbons (Fsp3) is 0.471. The van der Waals surface area contributed by atoms with Gasteiger partial charge in [0.1, 0.15) is 5.66 Å². The molecule has 0 aromatic heterocycles. The molecule has 1 aromatic rings. The third-order valence-corrected chi connectivity index (χ3v) is 5.09. The second-order valence-corrected chi connectivity index (χ2v) is 6.70. The number of nitrogens with one attached hydrogen (secondary N) is 2. The number of aliphatic imine (C=N–C) groups is 2. The van der Waals surface area contributed by atoms with Gasteiger partial charge in [-0.25, -0.2) is 4.99 Å². The van der Waals surface area contributed by atoms with Crippen molar-refractivity contribution in [3.63, 3.8) is 0 Å². The molecule has 1 fully saturated rings. The highest BCUT2D eigenvalue weighted by molar-refractivity contribution is 6.10. The number of guanidine groups is 2. The Hall–Kier alpha value is -2.77. The van der Waals surface area contributed by atoms with Crippen LogP contribution in [0.3, 0.4) is 0 Å². The average molecular weight is 341 g/mol. The van der Waals surface area contributed by atoms with Gasteiger partial charge in [0.05, 0.1) is 16.9 Å². The first kappa shape index (κ1) is 15.7. The lowest BCUT2D eigenvalue weighted by Gasteiger charge is -2.46. The molecule has 0 radical (unpaired) electrons. The van der Waals surface area contributed by atoms with Crippen molar-refractivity contribution in [2.75, 3.05) is 23.3 Å². The fourth-order valence-corrected chi connectivity index (χ4v) is 4.03. The van der Waals surface area contributed by atoms with Crippen molar-refractivity contribution in [2.45, 2.75) is 37.8 Å². The molecule has 1 amide bonds. The minimum atomic E-state index is -0.520. The summed E-state index contributed by atoms with van der Waals surface area (Å²) in [5.41, 5.74) is 13.9. The van der Waals surface area contributed by atoms with Crippen LogP contribution in [0.15, 0.2) is 28.2 Å². The standard InChI is InChI=1S/C17H23N7O/c18-15-22-16(19)24(17(23-15)7-2-1-3-8-17)12-6-4-5-11-13(12)20-9-10-21-14(11)25/h4-6,20H,1-3,7-10H2,(H,21,25)(H4,18,19,22,23). The highest BCUT2D eigenvalue weighted by atomic mass is 16.1. The van der Waals surface area contributed by atoms with E-state index in [1.807, 2.05) is 23.1 Å². The maximum Gasteiger partial charge on any atom is 0.253 e. The molecule has 1 saturated carbocycles. The summed E-state index contributed by atoms with van der Waals surface area (Å²) in [7, 11) is 0. The summed E-state index contributed by atoms with van der Waals surface area (Å²) in [5.74, 6) is 0.465. The number of amides is 1. The lowest BCUT2D eigenvalue weighted by molar-refractivity contribution is 0.0958. The molecule has 2 heterocycles. The third-order valence-electron chi connectivity index (χ3n) is 5.09. The van der Waals surface area contributed by atoms with Crippen molar-refractivity contribution in [3.8, 4) is 0 Å². The van der Waals surface area contributed by atoms with Crippen molar-refractivity contribution in [1.29, 1.82) is 0 Å². The Bertz CT molecular complexity index is 764. The SMILES string of the molecule is NC1=NC2(CCCCC2)N(c2cccc3c2NCCNC3=O)C(N)=N1. The monoisotopic (exact) mass is 341 g/mol. The minimum absolute atomic E-state index is 0.0879. The van der Waals surface area contributed by atoms with Crippen LogP contribution in [0.2, 0.25) is 0 Å². The Morgan fingerprint density at radius 1 is 1.08 bits per heavy atom. The zero-order chi connectivity index (χ0) is 17.4. The topological polar surface area (TPSA) is 121 Å². The summed E-state index contributed by atoms with van der Waals surface area (Å²) in [6.45, 7) is 1.23. The second kappa shape index (κ2) is 5.94. The van der Waals surface area contributed by atoms with Gasteiger partial charge in [-0.15, -0.1) is 0 Å². The van der Waals surface area contributed by atoms with Crippen LogP contribution in [-0.4, -0.2) is 36.6 Å². The molecule has 1 spiro atoms. The van der Waals surface area contributed by atoms with E-state index < -0.39 is 5.66 Å². The van der Waals surface area contributed by atoms with Crippen molar-refractivity contribution >= 4 is 29.2 Å². The minimum Gasteiger partial charge on any atom is -0.381 e. The van der Waals surface area contributed by atoms with Crippen LogP contribution >= 0.6 is 0 Å². The van der Waals surface area contributed by atoms with Gasteiger partial charge in [0.25, 0.3) is 5.91 Å². The van der Waals surface area contributed by atoms with Gasteiger partial charge in [0.15, 0.2) is 0 Å². The maximum atomic E-state index is 12.4. The Labute approximate surface area is 146 Å². The number of para-hydroxylation sites is 1. The number of benzene rings is 1. The number of rotatable bonds is 1. The smallest absolute Gasteiger partial charge is 0.253 e. The van der Waals surface area contributed by atoms with Crippen molar-refractivity contribution in [1.82, 2.24) is 5.32 Å². The molecular weight excluding hydrogens is 318 g/mol. The van der Waals surface area contributed by atoms with Gasteiger partial charge in [0.2, 0.25) is 11.9 Å². The molecule has 1 aromatic carbocycles. The number of nitrogens with two attached hydrogens (primary N) is 2. The Kier molecular flexibility index (Phi) is 3.74. The molecule has 6 N–H and O–H groups in total. The van der Waals surface area contributed by atoms with Crippen molar-refractivity contribution < 1.29 is 4.79 Å². The van der Waals surface area contributed by atoms with Crippen LogP contribution in [0.1, 0.15) is 42.5 Å². The van der Waals surface area contributed by atoms with E-state index >= 15 is 0 Å². The molecule has 8 nitrogen and oxygen atoms in total. The Morgan fingerprint density at radius 2 is 1.84 bits per heavy atom. The number of hydrogen-bond acceptors (Lipinski definition) is 7. The molecule has 0 saturated heterocycles. The molecule has 0 unspecified atom stereocenters. The van der Waals surface area contributed by atoms with Gasteiger partial charge in [0, 0.05) is 13.1 Å². The van der Waals surface area contributed by atoms with E-state index in [9.17, 15) is 4.79 Å². The molecule has 3 aliphatic rings. The molecule has 25 heavy (non-hydrogen) atoms. The molecule has 8 heteroatoms. The molecule has 4 rings (SSSR count). The van der Waals surface area contributed by atoms with E-state index in [0.29, 0.717) is 24.6 Å². The maximum absolute atomic E-state index is 12.4. The summed E-state index contributed by atoms with van der Waals surface area (Å²) < 4.78 is 0. The molecule has 0 atom stereocenters. The largest absolute Gasteiger partial charge is 0.381 e. The zero-order valence-corrected chi connectivity index (χ0v) is 14.1. The number of hydrogen-bond donors (Lipinski definition) is 4. The van der Waals surface area contributed by atoms with Crippen LogP contribution in [0.5, 0.6) is 0 Å². The fourth-order valence-electron chi connectivity index (χ4n) is 4.03. The predicted octanol–water partition coefficient (Wildman–Crippen LogP) is 0.952. The molecule has 0 bridgehead atoms. The number of carbonyl (C=O) groups is 1. The van der Waals surface area contributed by atoms with Gasteiger partial charge in [-0.1, -0.05) is 12.5 Å². The first-order valence-corrected chi connectivity index (χ1v) is 8.75. The van der Waals surface area contributed by atoms with E-state index in [1.54, 1.807) is 0 Å². The lowest BCUT2D eigenvalue weighted by atomic mass is 9.87. The second-order valence-electron chi connectivity index (χ2n) is 6.70. The first-order chi connectivity index (χ1) is 12.1. The predicted molar refractivity (Wildman–Crippen MR) is 98.8 cm³/mol. The number of nitrogens with zero attached hydrogens (tertiary/aromatic N) is 3. The van der Waals surface area contributed by atoms with Gasteiger partial charge in [-0.05, 0) is 37.8 Å². The average Bonchev–Trinajstić information content (AvgIpc) is 2.77. The molecule has 1 aliphatic carbocycles. The van der Waals surface area contributed by atoms with E-state index in [1.165, 1.54) is 6.42 Å². The molecule has 132 valence electrons. The van der Waals surface area contributed by atoms with E-state index in [0.717, 1.165) is 37.1 Å². The van der Waals surface area contributed by atoms with E-state index in [2.05, 4.69) is 15.6 Å². The lowest BCUT2D eigenvalue weighted by Crippen LogP contribution is -2.58. The highest BCUT2D eigenvalue weighted by Crippen LogP contribution is 2.42. The van der Waals surface area contributed by atoms with Crippen molar-refractivity contribution in [2.24, 2.45) is 21.5 Å². The first-order valence-electron chi connectivity index (χ1n) is 8.75. The number of anilines is 2. The van der Waals surface area contributed by atoms with Gasteiger partial charge >= 0.3 is 0 Å². The molecule has 2 aliphatic heterocycles. The van der Waals surface area contributed by atoms with Gasteiger partial charge in [-0.3, -0.25) is 9.69 Å². The van der Waals surface area contributed by atoms with Crippen LogP contribution in [0.4, 0.5) is 11.4 Å². The van der Waals surface area contributed by atoms with Crippen LogP contribution in [-0.2, 0) is 0 Å². The quantitative estimate of drug-likeness (QED) is 0.606. The third kappa shape index (κ3) is 2.57. The Morgan fingerprint density at radius 3 is 2.64 bits per heavy atom. The summed E-state index contributed by atoms with van der Waals surface area (Å²) in [4.78, 5) is 23.2. The van der Waals surface area contributed by atoms with Gasteiger partial charge < -0.3 is 22.1 Å². The van der Waals surface area contributed by atoms with E-state index in [4.69, 9.17) is 16.5 Å². The van der Waals surface area contributed by atoms with Crippen molar-refractivity contribution in [3.05, 3.63) is 23.8 Å². The van der Waals surface area contributed by atoms with Crippen LogP contribution < -0.4 is 27.0 Å². The summed E-state index contributed by atoms with van der Waals surface area (Å²) in [5, 5.41) is 6.25. The number of carbonyl (C=O) groups excluding carboxylic acids is 1. The van der Waals surface area contributed by atoms with Crippen LogP contribution in [0, 0.1) is 0 Å². The van der Waals surface area contributed by atoms with Gasteiger partial charge in [-0.2, -0.15) is 4.99 Å². The highest BCUT2D eigenvalue weighted by Gasteiger charge is 2.43. The summed E-state index contributed by atoms with van der Waals surface area (Å²) >= 11 is 0. The summed E-state index contributed by atoms with van der Waals surface area (Å²) in [6.07, 6.45) is 5.02. The van der Waals surface area contributed by atoms with Crippen LogP contribution in [0.25, 0.3) is 0 Å². The van der Waals surface area contributed by atoms with E-state index in [-0.39, 0.29) is 11.9 Å². The zero-order valence-electron chi connectivity index (χ0n) is 14.1. The summed E-state index contributed by atoms with van der Waals surface area (Å²) in [6, 6.07) is 5.64. The Balaban J connectivity index is 1.86. The normalized spacial score (nSPS) is 22.2.